The van der Waals surface area contributed by atoms with E-state index in [4.69, 9.17) is 4.74 Å². The van der Waals surface area contributed by atoms with Crippen LogP contribution in [0.2, 0.25) is 0 Å². The van der Waals surface area contributed by atoms with Crippen LogP contribution in [0.5, 0.6) is 0 Å². The Kier molecular flexibility index (Phi) is 4.18. The van der Waals surface area contributed by atoms with Gasteiger partial charge in [-0.3, -0.25) is 4.79 Å². The lowest BCUT2D eigenvalue weighted by molar-refractivity contribution is -0.00284. The van der Waals surface area contributed by atoms with Crippen LogP contribution in [0, 0.1) is 0 Å². The van der Waals surface area contributed by atoms with E-state index >= 15 is 0 Å². The minimum Gasteiger partial charge on any atom is -0.377 e. The zero-order valence-corrected chi connectivity index (χ0v) is 11.4. The van der Waals surface area contributed by atoms with Crippen LogP contribution in [-0.4, -0.2) is 36.6 Å². The maximum Gasteiger partial charge on any atom is 0.255 e. The third-order valence-corrected chi connectivity index (χ3v) is 3.76. The first-order chi connectivity index (χ1) is 8.24. The van der Waals surface area contributed by atoms with E-state index < -0.39 is 0 Å². The summed E-state index contributed by atoms with van der Waals surface area (Å²) in [6, 6.07) is 7.75. The van der Waals surface area contributed by atoms with Gasteiger partial charge < -0.3 is 9.64 Å². The van der Waals surface area contributed by atoms with Crippen LogP contribution in [-0.2, 0) is 4.74 Å². The number of morpholine rings is 1. The van der Waals surface area contributed by atoms with Crippen LogP contribution in [0.4, 0.5) is 0 Å². The molecule has 0 spiro atoms. The standard InChI is InChI=1S/C13H16BrNO2/c1-2-10-9-17-8-7-15(10)13(16)11-5-3-4-6-12(11)14/h3-6,10H,2,7-9H2,1H3. The van der Waals surface area contributed by atoms with Gasteiger partial charge in [0.25, 0.3) is 5.91 Å². The van der Waals surface area contributed by atoms with Gasteiger partial charge >= 0.3 is 0 Å². The third-order valence-electron chi connectivity index (χ3n) is 3.06. The Hall–Kier alpha value is -0.870. The number of nitrogens with zero attached hydrogens (tertiary/aromatic N) is 1. The molecule has 1 aliphatic heterocycles. The van der Waals surface area contributed by atoms with Gasteiger partial charge in [0, 0.05) is 11.0 Å². The molecule has 1 heterocycles. The van der Waals surface area contributed by atoms with Crippen molar-refractivity contribution in [2.24, 2.45) is 0 Å². The van der Waals surface area contributed by atoms with E-state index in [1.165, 1.54) is 0 Å². The lowest BCUT2D eigenvalue weighted by Gasteiger charge is -2.35. The molecule has 0 aromatic heterocycles. The molecule has 17 heavy (non-hydrogen) atoms. The van der Waals surface area contributed by atoms with Gasteiger partial charge in [-0.15, -0.1) is 0 Å². The average molecular weight is 298 g/mol. The molecule has 1 saturated heterocycles. The second-order valence-corrected chi connectivity index (χ2v) is 4.97. The van der Waals surface area contributed by atoms with E-state index in [9.17, 15) is 4.79 Å². The molecule has 3 nitrogen and oxygen atoms in total. The van der Waals surface area contributed by atoms with Crippen molar-refractivity contribution < 1.29 is 9.53 Å². The Morgan fingerprint density at radius 1 is 1.53 bits per heavy atom. The Morgan fingerprint density at radius 2 is 2.29 bits per heavy atom. The molecule has 0 saturated carbocycles. The van der Waals surface area contributed by atoms with Crippen LogP contribution in [0.15, 0.2) is 28.7 Å². The van der Waals surface area contributed by atoms with Crippen molar-refractivity contribution in [1.29, 1.82) is 0 Å². The van der Waals surface area contributed by atoms with Crippen molar-refractivity contribution in [2.45, 2.75) is 19.4 Å². The Balaban J connectivity index is 2.21. The first kappa shape index (κ1) is 12.6. The lowest BCUT2D eigenvalue weighted by atomic mass is 10.1. The predicted molar refractivity (Wildman–Crippen MR) is 70.1 cm³/mol. The topological polar surface area (TPSA) is 29.5 Å². The molecule has 0 N–H and O–H groups in total. The highest BCUT2D eigenvalue weighted by Crippen LogP contribution is 2.21. The summed E-state index contributed by atoms with van der Waals surface area (Å²) in [5.74, 6) is 0.0904. The van der Waals surface area contributed by atoms with Gasteiger partial charge in [0.15, 0.2) is 0 Å². The number of amides is 1. The van der Waals surface area contributed by atoms with E-state index in [-0.39, 0.29) is 11.9 Å². The average Bonchev–Trinajstić information content (AvgIpc) is 2.38. The molecular formula is C13H16BrNO2. The number of carbonyl (C=O) groups excluding carboxylic acids is 1. The zero-order chi connectivity index (χ0) is 12.3. The molecule has 1 fully saturated rings. The summed E-state index contributed by atoms with van der Waals surface area (Å²) < 4.78 is 6.27. The second kappa shape index (κ2) is 5.65. The van der Waals surface area contributed by atoms with Gasteiger partial charge in [-0.05, 0) is 34.5 Å². The van der Waals surface area contributed by atoms with E-state index in [2.05, 4.69) is 22.9 Å². The number of hydrogen-bond donors (Lipinski definition) is 0. The number of halogens is 1. The van der Waals surface area contributed by atoms with Gasteiger partial charge in [0.05, 0.1) is 24.8 Å². The summed E-state index contributed by atoms with van der Waals surface area (Å²) in [6.07, 6.45) is 0.927. The molecule has 0 radical (unpaired) electrons. The van der Waals surface area contributed by atoms with Crippen molar-refractivity contribution in [1.82, 2.24) is 4.90 Å². The molecule has 1 amide bonds. The Labute approximate surface area is 110 Å². The van der Waals surface area contributed by atoms with Gasteiger partial charge in [0.1, 0.15) is 0 Å². The molecular weight excluding hydrogens is 282 g/mol. The molecule has 2 rings (SSSR count). The Morgan fingerprint density at radius 3 is 3.00 bits per heavy atom. The summed E-state index contributed by atoms with van der Waals surface area (Å²) in [7, 11) is 0. The minimum absolute atomic E-state index is 0.0904. The highest BCUT2D eigenvalue weighted by molar-refractivity contribution is 9.10. The molecule has 1 atom stereocenters. The maximum atomic E-state index is 12.4. The smallest absolute Gasteiger partial charge is 0.255 e. The molecule has 1 aromatic rings. The molecule has 1 aliphatic rings. The SMILES string of the molecule is CCC1COCCN1C(=O)c1ccccc1Br. The summed E-state index contributed by atoms with van der Waals surface area (Å²) in [6.45, 7) is 4.04. The van der Waals surface area contributed by atoms with Crippen LogP contribution in [0.25, 0.3) is 0 Å². The first-order valence-electron chi connectivity index (χ1n) is 5.87. The number of ether oxygens (including phenoxy) is 1. The second-order valence-electron chi connectivity index (χ2n) is 4.12. The van der Waals surface area contributed by atoms with Crippen molar-refractivity contribution in [3.63, 3.8) is 0 Å². The molecule has 1 aromatic carbocycles. The number of carbonyl (C=O) groups is 1. The van der Waals surface area contributed by atoms with Crippen molar-refractivity contribution in [3.05, 3.63) is 34.3 Å². The molecule has 92 valence electrons. The fraction of sp³-hybridized carbons (Fsp3) is 0.462. The maximum absolute atomic E-state index is 12.4. The molecule has 0 bridgehead atoms. The zero-order valence-electron chi connectivity index (χ0n) is 9.86. The predicted octanol–water partition coefficient (Wildman–Crippen LogP) is 2.70. The monoisotopic (exact) mass is 297 g/mol. The van der Waals surface area contributed by atoms with Crippen molar-refractivity contribution in [2.75, 3.05) is 19.8 Å². The van der Waals surface area contributed by atoms with Gasteiger partial charge in [-0.2, -0.15) is 0 Å². The summed E-state index contributed by atoms with van der Waals surface area (Å²) in [5.41, 5.74) is 0.729. The quantitative estimate of drug-likeness (QED) is 0.840. The van der Waals surface area contributed by atoms with E-state index in [1.54, 1.807) is 0 Å². The van der Waals surface area contributed by atoms with Gasteiger partial charge in [-0.1, -0.05) is 19.1 Å². The fourth-order valence-electron chi connectivity index (χ4n) is 2.05. The summed E-state index contributed by atoms with van der Waals surface area (Å²) in [4.78, 5) is 14.4. The highest BCUT2D eigenvalue weighted by atomic mass is 79.9. The molecule has 1 unspecified atom stereocenters. The van der Waals surface area contributed by atoms with Gasteiger partial charge in [0.2, 0.25) is 0 Å². The largest absolute Gasteiger partial charge is 0.377 e. The van der Waals surface area contributed by atoms with Crippen LogP contribution in [0.3, 0.4) is 0 Å². The van der Waals surface area contributed by atoms with Crippen LogP contribution >= 0.6 is 15.9 Å². The number of hydrogen-bond acceptors (Lipinski definition) is 2. The molecule has 0 aliphatic carbocycles. The van der Waals surface area contributed by atoms with Crippen molar-refractivity contribution in [3.8, 4) is 0 Å². The van der Waals surface area contributed by atoms with E-state index in [0.29, 0.717) is 19.8 Å². The van der Waals surface area contributed by atoms with Gasteiger partial charge in [-0.25, -0.2) is 0 Å². The number of rotatable bonds is 2. The summed E-state index contributed by atoms with van der Waals surface area (Å²) >= 11 is 3.43. The van der Waals surface area contributed by atoms with Crippen molar-refractivity contribution >= 4 is 21.8 Å². The number of benzene rings is 1. The van der Waals surface area contributed by atoms with E-state index in [0.717, 1.165) is 16.5 Å². The Bertz CT molecular complexity index is 408. The van der Waals surface area contributed by atoms with Crippen LogP contribution in [0.1, 0.15) is 23.7 Å². The third kappa shape index (κ3) is 2.69. The molecule has 4 heteroatoms. The fourth-order valence-corrected chi connectivity index (χ4v) is 2.50. The lowest BCUT2D eigenvalue weighted by Crippen LogP contribution is -2.48. The highest BCUT2D eigenvalue weighted by Gasteiger charge is 2.27. The minimum atomic E-state index is 0.0904. The summed E-state index contributed by atoms with van der Waals surface area (Å²) in [5, 5.41) is 0. The van der Waals surface area contributed by atoms with E-state index in [1.807, 2.05) is 29.2 Å². The first-order valence-corrected chi connectivity index (χ1v) is 6.66. The normalized spacial score (nSPS) is 20.4. The van der Waals surface area contributed by atoms with Crippen LogP contribution < -0.4 is 0 Å².